The lowest BCUT2D eigenvalue weighted by Gasteiger charge is -2.41. The third-order valence-corrected chi connectivity index (χ3v) is 6.22. The van der Waals surface area contributed by atoms with Gasteiger partial charge in [-0.25, -0.2) is 8.78 Å². The number of anilines is 1. The van der Waals surface area contributed by atoms with E-state index >= 15 is 0 Å². The van der Waals surface area contributed by atoms with Crippen LogP contribution in [0.2, 0.25) is 0 Å². The van der Waals surface area contributed by atoms with Gasteiger partial charge in [-0.1, -0.05) is 17.3 Å². The predicted octanol–water partition coefficient (Wildman–Crippen LogP) is 4.05. The highest BCUT2D eigenvalue weighted by atomic mass is 19.1. The molecule has 1 aliphatic heterocycles. The molecule has 1 amide bonds. The molecule has 180 valence electrons. The highest BCUT2D eigenvalue weighted by molar-refractivity contribution is 5.83. The lowest BCUT2D eigenvalue weighted by atomic mass is 10.0. The van der Waals surface area contributed by atoms with Gasteiger partial charge in [0, 0.05) is 44.8 Å². The normalized spacial score (nSPS) is 15.4. The van der Waals surface area contributed by atoms with Crippen LogP contribution in [0.1, 0.15) is 31.3 Å². The van der Waals surface area contributed by atoms with Crippen molar-refractivity contribution in [2.24, 2.45) is 0 Å². The standard InChI is InChI=1S/C25H29F2N5O2/c1-4-30(5-2)25(33)23(18-7-6-8-20(26)15-18)32-13-11-31(12-14-32)22-10-9-19(16-21(22)27)24-28-17(3)29-34-24/h6-10,15-16,23H,4-5,11-14H2,1-3H3. The third-order valence-electron chi connectivity index (χ3n) is 6.22. The highest BCUT2D eigenvalue weighted by Crippen LogP contribution is 2.29. The topological polar surface area (TPSA) is 65.7 Å². The van der Waals surface area contributed by atoms with Crippen LogP contribution in [0.4, 0.5) is 14.5 Å². The summed E-state index contributed by atoms with van der Waals surface area (Å²) >= 11 is 0. The molecule has 0 spiro atoms. The fourth-order valence-corrected chi connectivity index (χ4v) is 4.43. The summed E-state index contributed by atoms with van der Waals surface area (Å²) in [6.45, 7) is 8.89. The fourth-order valence-electron chi connectivity index (χ4n) is 4.43. The SMILES string of the molecule is CCN(CC)C(=O)C(c1cccc(F)c1)N1CCN(c2ccc(-c3nc(C)no3)cc2F)CC1. The van der Waals surface area contributed by atoms with Gasteiger partial charge in [-0.2, -0.15) is 4.98 Å². The van der Waals surface area contributed by atoms with Crippen molar-refractivity contribution in [2.45, 2.75) is 26.8 Å². The van der Waals surface area contributed by atoms with E-state index in [1.54, 1.807) is 36.1 Å². The second kappa shape index (κ2) is 10.3. The van der Waals surface area contributed by atoms with Gasteiger partial charge in [0.25, 0.3) is 5.89 Å². The maximum absolute atomic E-state index is 15.0. The molecule has 4 rings (SSSR count). The zero-order valence-corrected chi connectivity index (χ0v) is 19.7. The maximum atomic E-state index is 15.0. The van der Waals surface area contributed by atoms with E-state index in [0.29, 0.717) is 61.9 Å². The highest BCUT2D eigenvalue weighted by Gasteiger charge is 2.33. The van der Waals surface area contributed by atoms with E-state index in [9.17, 15) is 13.6 Å². The summed E-state index contributed by atoms with van der Waals surface area (Å²) in [4.78, 5) is 23.3. The number of nitrogens with zero attached hydrogens (tertiary/aromatic N) is 5. The first kappa shape index (κ1) is 23.8. The number of halogens is 2. The number of likely N-dealkylation sites (N-methyl/N-ethyl adjacent to an activating group) is 1. The number of amides is 1. The molecule has 1 fully saturated rings. The molecule has 9 heteroatoms. The second-order valence-electron chi connectivity index (χ2n) is 8.30. The van der Waals surface area contributed by atoms with Crippen LogP contribution >= 0.6 is 0 Å². The molecule has 3 aromatic rings. The van der Waals surface area contributed by atoms with Crippen molar-refractivity contribution in [3.05, 3.63) is 65.5 Å². The van der Waals surface area contributed by atoms with Gasteiger partial charge in [0.05, 0.1) is 5.69 Å². The summed E-state index contributed by atoms with van der Waals surface area (Å²) in [7, 11) is 0. The summed E-state index contributed by atoms with van der Waals surface area (Å²) in [6.07, 6.45) is 0. The molecular weight excluding hydrogens is 440 g/mol. The molecule has 1 aromatic heterocycles. The number of hydrogen-bond acceptors (Lipinski definition) is 6. The molecule has 1 atom stereocenters. The number of carbonyl (C=O) groups excluding carboxylic acids is 1. The van der Waals surface area contributed by atoms with Crippen LogP contribution < -0.4 is 4.90 Å². The van der Waals surface area contributed by atoms with E-state index in [4.69, 9.17) is 4.52 Å². The molecule has 0 aliphatic carbocycles. The first-order valence-electron chi connectivity index (χ1n) is 11.5. The summed E-state index contributed by atoms with van der Waals surface area (Å²) in [6, 6.07) is 10.5. The lowest BCUT2D eigenvalue weighted by molar-refractivity contribution is -0.137. The first-order valence-corrected chi connectivity index (χ1v) is 11.5. The van der Waals surface area contributed by atoms with Crippen molar-refractivity contribution in [1.29, 1.82) is 0 Å². The number of carbonyl (C=O) groups is 1. The average Bonchev–Trinajstić information content (AvgIpc) is 3.27. The van der Waals surface area contributed by atoms with Crippen LogP contribution in [0.25, 0.3) is 11.5 Å². The van der Waals surface area contributed by atoms with Gasteiger partial charge >= 0.3 is 0 Å². The average molecular weight is 470 g/mol. The lowest BCUT2D eigenvalue weighted by Crippen LogP contribution is -2.52. The molecule has 0 N–H and O–H groups in total. The van der Waals surface area contributed by atoms with Crippen LogP contribution in [0, 0.1) is 18.6 Å². The van der Waals surface area contributed by atoms with Gasteiger partial charge in [0.15, 0.2) is 5.82 Å². The fraction of sp³-hybridized carbons (Fsp3) is 0.400. The van der Waals surface area contributed by atoms with Crippen molar-refractivity contribution in [3.63, 3.8) is 0 Å². The minimum atomic E-state index is -0.578. The summed E-state index contributed by atoms with van der Waals surface area (Å²) < 4.78 is 34.1. The Labute approximate surface area is 198 Å². The predicted molar refractivity (Wildman–Crippen MR) is 125 cm³/mol. The smallest absolute Gasteiger partial charge is 0.258 e. The number of hydrogen-bond donors (Lipinski definition) is 0. The van der Waals surface area contributed by atoms with E-state index < -0.39 is 6.04 Å². The van der Waals surface area contributed by atoms with Gasteiger partial charge < -0.3 is 14.3 Å². The Kier molecular flexibility index (Phi) is 7.21. The van der Waals surface area contributed by atoms with E-state index in [1.807, 2.05) is 18.7 Å². The molecule has 34 heavy (non-hydrogen) atoms. The molecule has 1 unspecified atom stereocenters. The van der Waals surface area contributed by atoms with Crippen LogP contribution in [0.5, 0.6) is 0 Å². The van der Waals surface area contributed by atoms with Crippen LogP contribution in [-0.4, -0.2) is 65.1 Å². The van der Waals surface area contributed by atoms with Gasteiger partial charge in [-0.15, -0.1) is 0 Å². The van der Waals surface area contributed by atoms with Crippen molar-refractivity contribution >= 4 is 11.6 Å². The third kappa shape index (κ3) is 4.94. The number of rotatable bonds is 7. The molecule has 0 radical (unpaired) electrons. The van der Waals surface area contributed by atoms with Crippen LogP contribution in [-0.2, 0) is 4.79 Å². The van der Waals surface area contributed by atoms with Crippen molar-refractivity contribution in [3.8, 4) is 11.5 Å². The molecule has 2 heterocycles. The van der Waals surface area contributed by atoms with Gasteiger partial charge in [0.1, 0.15) is 17.7 Å². The summed E-state index contributed by atoms with van der Waals surface area (Å²) in [5.41, 5.74) is 1.64. The van der Waals surface area contributed by atoms with E-state index in [-0.39, 0.29) is 23.4 Å². The van der Waals surface area contributed by atoms with Gasteiger partial charge in [0.2, 0.25) is 5.91 Å². The number of aromatic nitrogens is 2. The molecule has 2 aromatic carbocycles. The monoisotopic (exact) mass is 469 g/mol. The molecule has 1 saturated heterocycles. The molecular formula is C25H29F2N5O2. The molecule has 1 aliphatic rings. The molecule has 0 bridgehead atoms. The zero-order chi connectivity index (χ0) is 24.2. The van der Waals surface area contributed by atoms with E-state index in [2.05, 4.69) is 15.0 Å². The van der Waals surface area contributed by atoms with E-state index in [1.165, 1.54) is 18.2 Å². The molecule has 0 saturated carbocycles. The largest absolute Gasteiger partial charge is 0.367 e. The zero-order valence-electron chi connectivity index (χ0n) is 19.7. The Hall–Kier alpha value is -3.33. The van der Waals surface area contributed by atoms with Crippen molar-refractivity contribution in [2.75, 3.05) is 44.2 Å². The van der Waals surface area contributed by atoms with Gasteiger partial charge in [-0.05, 0) is 56.7 Å². The Morgan fingerprint density at radius 2 is 1.82 bits per heavy atom. The summed E-state index contributed by atoms with van der Waals surface area (Å²) in [5.74, 6) is -0.0208. The number of piperazine rings is 1. The van der Waals surface area contributed by atoms with Crippen LogP contribution in [0.15, 0.2) is 47.0 Å². The van der Waals surface area contributed by atoms with Crippen molar-refractivity contribution in [1.82, 2.24) is 19.9 Å². The van der Waals surface area contributed by atoms with Gasteiger partial charge in [-0.3, -0.25) is 9.69 Å². The second-order valence-corrected chi connectivity index (χ2v) is 8.30. The first-order chi connectivity index (χ1) is 16.4. The molecule has 7 nitrogen and oxygen atoms in total. The Bertz CT molecular complexity index is 1140. The minimum absolute atomic E-state index is 0.0468. The quantitative estimate of drug-likeness (QED) is 0.520. The van der Waals surface area contributed by atoms with Crippen LogP contribution in [0.3, 0.4) is 0 Å². The maximum Gasteiger partial charge on any atom is 0.258 e. The number of benzene rings is 2. The Morgan fingerprint density at radius 1 is 1.09 bits per heavy atom. The van der Waals surface area contributed by atoms with E-state index in [0.717, 1.165) is 0 Å². The van der Waals surface area contributed by atoms with Crippen molar-refractivity contribution < 1.29 is 18.1 Å². The Morgan fingerprint density at radius 3 is 2.41 bits per heavy atom. The minimum Gasteiger partial charge on any atom is -0.367 e. The summed E-state index contributed by atoms with van der Waals surface area (Å²) in [5, 5.41) is 3.75. The number of aryl methyl sites for hydroxylation is 1. The Balaban J connectivity index is 1.52.